The molecule has 6 nitrogen and oxygen atoms in total. The van der Waals surface area contributed by atoms with Gasteiger partial charge in [0, 0.05) is 5.56 Å². The molecule has 0 aliphatic rings. The topological polar surface area (TPSA) is 95.0 Å². The second-order valence-corrected chi connectivity index (χ2v) is 5.42. The van der Waals surface area contributed by atoms with Crippen LogP contribution in [0.4, 0.5) is 5.69 Å². The number of halogens is 1. The number of aliphatic hydroxyl groups excluding tert-OH is 1. The number of aromatic nitrogens is 2. The van der Waals surface area contributed by atoms with Gasteiger partial charge in [-0.3, -0.25) is 0 Å². The summed E-state index contributed by atoms with van der Waals surface area (Å²) in [5.41, 5.74) is 2.75. The fourth-order valence-electron chi connectivity index (χ4n) is 2.11. The van der Waals surface area contributed by atoms with Gasteiger partial charge in [-0.25, -0.2) is 0 Å². The average molecular weight is 341 g/mol. The number of nitrogens with zero attached hydrogens (tertiary/aromatic N) is 3. The molecule has 0 fully saturated rings. The van der Waals surface area contributed by atoms with Crippen molar-refractivity contribution >= 4 is 17.3 Å². The van der Waals surface area contributed by atoms with E-state index in [1.165, 1.54) is 0 Å². The summed E-state index contributed by atoms with van der Waals surface area (Å²) in [6.07, 6.45) is 0. The first kappa shape index (κ1) is 16.0. The first-order valence-electron chi connectivity index (χ1n) is 7.15. The molecule has 3 aromatic rings. The van der Waals surface area contributed by atoms with Crippen molar-refractivity contribution in [2.24, 2.45) is 0 Å². The van der Waals surface area contributed by atoms with Crippen molar-refractivity contribution < 1.29 is 9.52 Å². The van der Waals surface area contributed by atoms with Crippen molar-refractivity contribution in [1.29, 1.82) is 5.26 Å². The van der Waals surface area contributed by atoms with Crippen LogP contribution in [0.5, 0.6) is 0 Å². The molecule has 7 heteroatoms. The Morgan fingerprint density at radius 2 is 1.96 bits per heavy atom. The summed E-state index contributed by atoms with van der Waals surface area (Å²) in [7, 11) is 0. The van der Waals surface area contributed by atoms with Gasteiger partial charge in [-0.1, -0.05) is 17.7 Å². The molecule has 0 spiro atoms. The first-order chi connectivity index (χ1) is 11.7. The third kappa shape index (κ3) is 3.54. The van der Waals surface area contributed by atoms with Crippen LogP contribution in [0.1, 0.15) is 17.0 Å². The molecular weight excluding hydrogens is 328 g/mol. The smallest absolute Gasteiger partial charge is 0.247 e. The van der Waals surface area contributed by atoms with Crippen molar-refractivity contribution in [3.63, 3.8) is 0 Å². The molecule has 3 rings (SSSR count). The zero-order chi connectivity index (χ0) is 16.9. The zero-order valence-electron chi connectivity index (χ0n) is 12.5. The quantitative estimate of drug-likeness (QED) is 0.739. The van der Waals surface area contributed by atoms with E-state index in [0.717, 1.165) is 11.1 Å². The number of hydrogen-bond acceptors (Lipinski definition) is 6. The van der Waals surface area contributed by atoms with Gasteiger partial charge in [-0.15, -0.1) is 10.2 Å². The van der Waals surface area contributed by atoms with Crippen molar-refractivity contribution in [2.75, 3.05) is 5.32 Å². The van der Waals surface area contributed by atoms with E-state index in [2.05, 4.69) is 21.6 Å². The Balaban J connectivity index is 1.71. The van der Waals surface area contributed by atoms with Gasteiger partial charge in [0.2, 0.25) is 11.8 Å². The Morgan fingerprint density at radius 3 is 2.67 bits per heavy atom. The Labute approximate surface area is 143 Å². The van der Waals surface area contributed by atoms with E-state index in [9.17, 15) is 5.11 Å². The van der Waals surface area contributed by atoms with Crippen LogP contribution in [0.3, 0.4) is 0 Å². The largest absolute Gasteiger partial charge is 0.419 e. The van der Waals surface area contributed by atoms with E-state index >= 15 is 0 Å². The number of hydrogen-bond donors (Lipinski definition) is 2. The molecule has 2 aromatic carbocycles. The lowest BCUT2D eigenvalue weighted by atomic mass is 10.1. The van der Waals surface area contributed by atoms with Crippen molar-refractivity contribution in [1.82, 2.24) is 10.2 Å². The maximum Gasteiger partial charge on any atom is 0.247 e. The SMILES string of the molecule is N#Cc1ccc(-c2nnc(CNc3cc(CO)ccc3Cl)o2)cc1. The third-order valence-electron chi connectivity index (χ3n) is 3.37. The number of rotatable bonds is 5. The van der Waals surface area contributed by atoms with Crippen LogP contribution < -0.4 is 5.32 Å². The maximum absolute atomic E-state index is 9.17. The fraction of sp³-hybridized carbons (Fsp3) is 0.118. The molecule has 120 valence electrons. The van der Waals surface area contributed by atoms with Crippen LogP contribution in [0.2, 0.25) is 5.02 Å². The van der Waals surface area contributed by atoms with Crippen LogP contribution >= 0.6 is 11.6 Å². The summed E-state index contributed by atoms with van der Waals surface area (Å²) in [5.74, 6) is 0.784. The normalized spacial score (nSPS) is 10.4. The van der Waals surface area contributed by atoms with E-state index in [1.54, 1.807) is 42.5 Å². The number of aliphatic hydroxyl groups is 1. The van der Waals surface area contributed by atoms with Crippen molar-refractivity contribution in [2.45, 2.75) is 13.2 Å². The summed E-state index contributed by atoms with van der Waals surface area (Å²) in [4.78, 5) is 0. The minimum absolute atomic E-state index is 0.0603. The van der Waals surface area contributed by atoms with Crippen molar-refractivity contribution in [3.8, 4) is 17.5 Å². The van der Waals surface area contributed by atoms with Gasteiger partial charge in [0.15, 0.2) is 0 Å². The molecule has 0 aliphatic carbocycles. The van der Waals surface area contributed by atoms with Crippen LogP contribution in [0, 0.1) is 11.3 Å². The Kier molecular flexibility index (Phi) is 4.75. The van der Waals surface area contributed by atoms with Gasteiger partial charge in [-0.2, -0.15) is 5.26 Å². The molecule has 24 heavy (non-hydrogen) atoms. The van der Waals surface area contributed by atoms with Gasteiger partial charge in [0.05, 0.1) is 35.5 Å². The summed E-state index contributed by atoms with van der Waals surface area (Å²) >= 11 is 6.11. The molecule has 0 saturated carbocycles. The predicted octanol–water partition coefficient (Wildman–Crippen LogP) is 3.37. The molecule has 0 unspecified atom stereocenters. The zero-order valence-corrected chi connectivity index (χ0v) is 13.3. The molecular formula is C17H13ClN4O2. The first-order valence-corrected chi connectivity index (χ1v) is 7.53. The molecule has 1 aromatic heterocycles. The molecule has 0 amide bonds. The molecule has 0 atom stereocenters. The second kappa shape index (κ2) is 7.13. The fourth-order valence-corrected chi connectivity index (χ4v) is 2.29. The van der Waals surface area contributed by atoms with Crippen LogP contribution in [-0.4, -0.2) is 15.3 Å². The maximum atomic E-state index is 9.17. The predicted molar refractivity (Wildman–Crippen MR) is 89.2 cm³/mol. The molecule has 0 saturated heterocycles. The van der Waals surface area contributed by atoms with E-state index < -0.39 is 0 Å². The number of anilines is 1. The number of nitriles is 1. The molecule has 0 bridgehead atoms. The highest BCUT2D eigenvalue weighted by Gasteiger charge is 2.09. The van der Waals surface area contributed by atoms with E-state index in [-0.39, 0.29) is 6.61 Å². The summed E-state index contributed by atoms with van der Waals surface area (Å²) in [6.45, 7) is 0.243. The number of nitrogens with one attached hydrogen (secondary N) is 1. The summed E-state index contributed by atoms with van der Waals surface area (Å²) in [6, 6.07) is 14.2. The average Bonchev–Trinajstić information content (AvgIpc) is 3.10. The van der Waals surface area contributed by atoms with E-state index in [1.807, 2.05) is 0 Å². The van der Waals surface area contributed by atoms with Gasteiger partial charge in [-0.05, 0) is 42.0 Å². The van der Waals surface area contributed by atoms with Crippen LogP contribution in [0.25, 0.3) is 11.5 Å². The standard InChI is InChI=1S/C17H13ClN4O2/c18-14-6-3-12(10-23)7-15(14)20-9-16-21-22-17(24-16)13-4-1-11(8-19)2-5-13/h1-7,20,23H,9-10H2. The molecule has 2 N–H and O–H groups in total. The highest BCUT2D eigenvalue weighted by atomic mass is 35.5. The van der Waals surface area contributed by atoms with Gasteiger partial charge >= 0.3 is 0 Å². The minimum Gasteiger partial charge on any atom is -0.419 e. The lowest BCUT2D eigenvalue weighted by Crippen LogP contribution is -2.01. The monoisotopic (exact) mass is 340 g/mol. The lowest BCUT2D eigenvalue weighted by Gasteiger charge is -2.07. The van der Waals surface area contributed by atoms with E-state index in [4.69, 9.17) is 21.3 Å². The highest BCUT2D eigenvalue weighted by Crippen LogP contribution is 2.24. The van der Waals surface area contributed by atoms with Gasteiger partial charge < -0.3 is 14.8 Å². The highest BCUT2D eigenvalue weighted by molar-refractivity contribution is 6.33. The number of benzene rings is 2. The lowest BCUT2D eigenvalue weighted by molar-refractivity contribution is 0.282. The molecule has 0 radical (unpaired) electrons. The Morgan fingerprint density at radius 1 is 1.17 bits per heavy atom. The van der Waals surface area contributed by atoms with Crippen LogP contribution in [0.15, 0.2) is 46.9 Å². The third-order valence-corrected chi connectivity index (χ3v) is 3.70. The van der Waals surface area contributed by atoms with Gasteiger partial charge in [0.1, 0.15) is 0 Å². The van der Waals surface area contributed by atoms with Crippen LogP contribution in [-0.2, 0) is 13.2 Å². The Hall–Kier alpha value is -2.88. The van der Waals surface area contributed by atoms with E-state index in [0.29, 0.717) is 34.6 Å². The summed E-state index contributed by atoms with van der Waals surface area (Å²) in [5, 5.41) is 29.6. The molecule has 1 heterocycles. The second-order valence-electron chi connectivity index (χ2n) is 5.02. The summed E-state index contributed by atoms with van der Waals surface area (Å²) < 4.78 is 5.60. The van der Waals surface area contributed by atoms with Crippen molar-refractivity contribution in [3.05, 3.63) is 64.5 Å². The Bertz CT molecular complexity index is 884. The molecule has 0 aliphatic heterocycles. The van der Waals surface area contributed by atoms with Gasteiger partial charge in [0.25, 0.3) is 0 Å². The minimum atomic E-state index is -0.0603.